The summed E-state index contributed by atoms with van der Waals surface area (Å²) in [6.45, 7) is 2.09. The van der Waals surface area contributed by atoms with Crippen LogP contribution in [-0.2, 0) is 6.42 Å². The van der Waals surface area contributed by atoms with Crippen molar-refractivity contribution in [1.29, 1.82) is 0 Å². The van der Waals surface area contributed by atoms with Gasteiger partial charge in [-0.05, 0) is 18.9 Å². The van der Waals surface area contributed by atoms with Gasteiger partial charge in [0.25, 0.3) is 0 Å². The molecule has 0 atom stereocenters. The minimum absolute atomic E-state index is 0.508. The van der Waals surface area contributed by atoms with Crippen LogP contribution >= 0.6 is 23.2 Å². The Balaban J connectivity index is 2.17. The third-order valence-corrected chi connectivity index (χ3v) is 4.27. The van der Waals surface area contributed by atoms with Crippen molar-refractivity contribution < 1.29 is 0 Å². The first-order valence-corrected chi connectivity index (χ1v) is 7.20. The fourth-order valence-corrected chi connectivity index (χ4v) is 2.76. The highest BCUT2D eigenvalue weighted by Gasteiger charge is 2.30. The first kappa shape index (κ1) is 12.8. The van der Waals surface area contributed by atoms with Crippen LogP contribution in [-0.4, -0.2) is 9.55 Å². The van der Waals surface area contributed by atoms with Crippen molar-refractivity contribution in [2.75, 3.05) is 5.73 Å². The van der Waals surface area contributed by atoms with E-state index in [9.17, 15) is 0 Å². The summed E-state index contributed by atoms with van der Waals surface area (Å²) in [6.07, 6.45) is 3.21. The lowest BCUT2D eigenvalue weighted by atomic mass is 10.1. The lowest BCUT2D eigenvalue weighted by Gasteiger charge is -2.07. The number of aromatic nitrogens is 2. The van der Waals surface area contributed by atoms with E-state index in [4.69, 9.17) is 28.9 Å². The van der Waals surface area contributed by atoms with Crippen LogP contribution in [0.15, 0.2) is 18.2 Å². The molecule has 2 N–H and O–H groups in total. The molecule has 0 bridgehead atoms. The van der Waals surface area contributed by atoms with Crippen molar-refractivity contribution in [2.24, 2.45) is 0 Å². The smallest absolute Gasteiger partial charge is 0.132 e. The Morgan fingerprint density at radius 2 is 2.11 bits per heavy atom. The van der Waals surface area contributed by atoms with Gasteiger partial charge in [0.05, 0.1) is 10.0 Å². The molecule has 1 aromatic carbocycles. The van der Waals surface area contributed by atoms with E-state index in [2.05, 4.69) is 16.5 Å². The SMILES string of the molecule is CCc1nc(-c2cccc(Cl)c2Cl)c(N)n1C1CC1. The Kier molecular flexibility index (Phi) is 3.19. The van der Waals surface area contributed by atoms with E-state index in [0.717, 1.165) is 23.5 Å². The molecule has 1 fully saturated rings. The number of halogens is 2. The molecular formula is C14H15Cl2N3. The summed E-state index contributed by atoms with van der Waals surface area (Å²) in [7, 11) is 0. The molecule has 1 heterocycles. The highest BCUT2D eigenvalue weighted by molar-refractivity contribution is 6.43. The second-order valence-corrected chi connectivity index (χ2v) is 5.60. The highest BCUT2D eigenvalue weighted by Crippen LogP contribution is 2.42. The molecule has 0 amide bonds. The van der Waals surface area contributed by atoms with Crippen LogP contribution < -0.4 is 5.73 Å². The monoisotopic (exact) mass is 295 g/mol. The van der Waals surface area contributed by atoms with Gasteiger partial charge in [0, 0.05) is 18.0 Å². The fourth-order valence-electron chi connectivity index (χ4n) is 2.37. The van der Waals surface area contributed by atoms with Gasteiger partial charge >= 0.3 is 0 Å². The molecule has 1 aliphatic rings. The first-order valence-electron chi connectivity index (χ1n) is 6.44. The molecule has 1 saturated carbocycles. The number of benzene rings is 1. The number of nitrogen functional groups attached to an aromatic ring is 1. The van der Waals surface area contributed by atoms with Crippen molar-refractivity contribution in [3.63, 3.8) is 0 Å². The predicted octanol–water partition coefficient (Wildman–Crippen LogP) is 4.34. The Hall–Kier alpha value is -1.19. The van der Waals surface area contributed by atoms with Gasteiger partial charge in [-0.15, -0.1) is 0 Å². The number of nitrogens with zero attached hydrogens (tertiary/aromatic N) is 2. The molecule has 5 heteroatoms. The number of aryl methyl sites for hydroxylation is 1. The zero-order valence-corrected chi connectivity index (χ0v) is 12.2. The summed E-state index contributed by atoms with van der Waals surface area (Å²) in [6, 6.07) is 6.05. The van der Waals surface area contributed by atoms with E-state index in [1.54, 1.807) is 6.07 Å². The molecule has 3 rings (SSSR count). The summed E-state index contributed by atoms with van der Waals surface area (Å²) in [4.78, 5) is 4.66. The van der Waals surface area contributed by atoms with E-state index < -0.39 is 0 Å². The number of hydrogen-bond acceptors (Lipinski definition) is 2. The summed E-state index contributed by atoms with van der Waals surface area (Å²) >= 11 is 12.3. The topological polar surface area (TPSA) is 43.8 Å². The summed E-state index contributed by atoms with van der Waals surface area (Å²) in [5.41, 5.74) is 7.82. The number of rotatable bonds is 3. The second kappa shape index (κ2) is 4.73. The molecule has 0 saturated heterocycles. The Morgan fingerprint density at radius 1 is 1.37 bits per heavy atom. The van der Waals surface area contributed by atoms with Crippen LogP contribution in [0.3, 0.4) is 0 Å². The molecule has 100 valence electrons. The molecule has 0 radical (unpaired) electrons. The first-order chi connectivity index (χ1) is 9.13. The number of imidazole rings is 1. The molecule has 0 unspecified atom stereocenters. The van der Waals surface area contributed by atoms with Gasteiger partial charge in [-0.25, -0.2) is 4.98 Å². The van der Waals surface area contributed by atoms with E-state index in [1.165, 1.54) is 12.8 Å². The van der Waals surface area contributed by atoms with Gasteiger partial charge in [-0.1, -0.05) is 42.3 Å². The van der Waals surface area contributed by atoms with Crippen molar-refractivity contribution >= 4 is 29.0 Å². The van der Waals surface area contributed by atoms with Gasteiger partial charge in [-0.2, -0.15) is 0 Å². The van der Waals surface area contributed by atoms with Crippen molar-refractivity contribution in [3.05, 3.63) is 34.1 Å². The molecule has 2 aromatic rings. The standard InChI is InChI=1S/C14H15Cl2N3/c1-2-11-18-13(14(17)19(11)8-6-7-8)9-4-3-5-10(15)12(9)16/h3-5,8H,2,6-7,17H2,1H3. The van der Waals surface area contributed by atoms with Crippen LogP contribution in [0.5, 0.6) is 0 Å². The lowest BCUT2D eigenvalue weighted by molar-refractivity contribution is 0.696. The summed E-state index contributed by atoms with van der Waals surface area (Å²) in [5, 5.41) is 1.04. The quantitative estimate of drug-likeness (QED) is 0.915. The molecule has 0 aliphatic heterocycles. The Morgan fingerprint density at radius 3 is 2.74 bits per heavy atom. The van der Waals surface area contributed by atoms with E-state index >= 15 is 0 Å². The van der Waals surface area contributed by atoms with Crippen molar-refractivity contribution in [2.45, 2.75) is 32.2 Å². The zero-order chi connectivity index (χ0) is 13.6. The average molecular weight is 296 g/mol. The number of nitrogens with two attached hydrogens (primary N) is 1. The molecule has 1 aliphatic carbocycles. The van der Waals surface area contributed by atoms with Crippen molar-refractivity contribution in [1.82, 2.24) is 9.55 Å². The van der Waals surface area contributed by atoms with Crippen LogP contribution in [0, 0.1) is 0 Å². The fraction of sp³-hybridized carbons (Fsp3) is 0.357. The lowest BCUT2D eigenvalue weighted by Crippen LogP contribution is -2.04. The average Bonchev–Trinajstić information content (AvgIpc) is 3.17. The number of hydrogen-bond donors (Lipinski definition) is 1. The minimum atomic E-state index is 0.508. The van der Waals surface area contributed by atoms with Crippen LogP contribution in [0.25, 0.3) is 11.3 Å². The molecular weight excluding hydrogens is 281 g/mol. The normalized spacial score (nSPS) is 14.9. The van der Waals surface area contributed by atoms with E-state index in [1.807, 2.05) is 12.1 Å². The Labute approximate surface area is 122 Å². The van der Waals surface area contributed by atoms with Crippen LogP contribution in [0.4, 0.5) is 5.82 Å². The molecule has 0 spiro atoms. The second-order valence-electron chi connectivity index (χ2n) is 4.82. The maximum atomic E-state index is 6.27. The van der Waals surface area contributed by atoms with Gasteiger partial charge < -0.3 is 10.3 Å². The van der Waals surface area contributed by atoms with E-state index in [-0.39, 0.29) is 0 Å². The third-order valence-electron chi connectivity index (χ3n) is 3.46. The van der Waals surface area contributed by atoms with Gasteiger partial charge in [-0.3, -0.25) is 0 Å². The van der Waals surface area contributed by atoms with Gasteiger partial charge in [0.15, 0.2) is 0 Å². The maximum Gasteiger partial charge on any atom is 0.132 e. The molecule has 3 nitrogen and oxygen atoms in total. The number of anilines is 1. The van der Waals surface area contributed by atoms with Gasteiger partial charge in [0.2, 0.25) is 0 Å². The van der Waals surface area contributed by atoms with Crippen LogP contribution in [0.2, 0.25) is 10.0 Å². The maximum absolute atomic E-state index is 6.27. The largest absolute Gasteiger partial charge is 0.383 e. The molecule has 1 aromatic heterocycles. The van der Waals surface area contributed by atoms with Crippen molar-refractivity contribution in [3.8, 4) is 11.3 Å². The zero-order valence-electron chi connectivity index (χ0n) is 10.7. The minimum Gasteiger partial charge on any atom is -0.383 e. The highest BCUT2D eigenvalue weighted by atomic mass is 35.5. The van der Waals surface area contributed by atoms with Gasteiger partial charge in [0.1, 0.15) is 17.3 Å². The van der Waals surface area contributed by atoms with Crippen LogP contribution in [0.1, 0.15) is 31.6 Å². The molecule has 19 heavy (non-hydrogen) atoms. The Bertz CT molecular complexity index is 630. The predicted molar refractivity (Wildman–Crippen MR) is 79.7 cm³/mol. The third kappa shape index (κ3) is 2.11. The summed E-state index contributed by atoms with van der Waals surface area (Å²) in [5.74, 6) is 1.72. The van der Waals surface area contributed by atoms with E-state index in [0.29, 0.717) is 21.9 Å². The summed E-state index contributed by atoms with van der Waals surface area (Å²) < 4.78 is 2.15.